The summed E-state index contributed by atoms with van der Waals surface area (Å²) in [7, 11) is 0. The second kappa shape index (κ2) is 7.07. The van der Waals surface area contributed by atoms with Gasteiger partial charge < -0.3 is 20.7 Å². The number of carbonyl (C=O) groups excluding carboxylic acids is 1. The maximum Gasteiger partial charge on any atom is 0.255 e. The molecule has 0 radical (unpaired) electrons. The Morgan fingerprint density at radius 1 is 1.21 bits per heavy atom. The van der Waals surface area contributed by atoms with Gasteiger partial charge in [-0.25, -0.2) is 4.39 Å². The van der Waals surface area contributed by atoms with Crippen LogP contribution in [0, 0.1) is 5.82 Å². The molecule has 0 unspecified atom stereocenters. The van der Waals surface area contributed by atoms with Crippen molar-refractivity contribution in [3.8, 4) is 0 Å². The molecule has 1 fully saturated rings. The van der Waals surface area contributed by atoms with Crippen LogP contribution < -0.4 is 16.0 Å². The van der Waals surface area contributed by atoms with E-state index in [4.69, 9.17) is 22.1 Å². The third kappa shape index (κ3) is 3.60. The van der Waals surface area contributed by atoms with E-state index in [1.807, 2.05) is 0 Å². The zero-order chi connectivity index (χ0) is 17.1. The lowest BCUT2D eigenvalue weighted by Crippen LogP contribution is -2.36. The summed E-state index contributed by atoms with van der Waals surface area (Å²) in [4.78, 5) is 14.4. The number of hydrogen-bond donors (Lipinski definition) is 2. The molecule has 126 valence electrons. The lowest BCUT2D eigenvalue weighted by molar-refractivity contribution is 0.102. The molecule has 0 spiro atoms. The van der Waals surface area contributed by atoms with Crippen LogP contribution in [0.15, 0.2) is 36.4 Å². The van der Waals surface area contributed by atoms with Gasteiger partial charge in [0.15, 0.2) is 0 Å². The van der Waals surface area contributed by atoms with E-state index in [-0.39, 0.29) is 5.91 Å². The van der Waals surface area contributed by atoms with E-state index in [9.17, 15) is 9.18 Å². The molecule has 0 saturated carbocycles. The largest absolute Gasteiger partial charge is 0.397 e. The molecule has 0 aromatic heterocycles. The second-order valence-electron chi connectivity index (χ2n) is 5.45. The Morgan fingerprint density at radius 3 is 2.54 bits per heavy atom. The molecule has 24 heavy (non-hydrogen) atoms. The Bertz CT molecular complexity index is 746. The first-order chi connectivity index (χ1) is 11.5. The lowest BCUT2D eigenvalue weighted by atomic mass is 10.1. The van der Waals surface area contributed by atoms with Gasteiger partial charge in [0.25, 0.3) is 5.91 Å². The van der Waals surface area contributed by atoms with Gasteiger partial charge in [-0.2, -0.15) is 0 Å². The van der Waals surface area contributed by atoms with E-state index in [2.05, 4.69) is 10.2 Å². The number of halogens is 2. The lowest BCUT2D eigenvalue weighted by Gasteiger charge is -2.30. The van der Waals surface area contributed by atoms with Crippen molar-refractivity contribution >= 4 is 34.6 Å². The summed E-state index contributed by atoms with van der Waals surface area (Å²) in [5.74, 6) is -0.763. The predicted octanol–water partition coefficient (Wildman–Crippen LogP) is 3.15. The molecule has 0 bridgehead atoms. The highest BCUT2D eigenvalue weighted by Crippen LogP contribution is 2.34. The minimum absolute atomic E-state index is 0.345. The fourth-order valence-corrected chi connectivity index (χ4v) is 2.77. The third-order valence-corrected chi connectivity index (χ3v) is 4.14. The molecule has 3 rings (SSSR count). The van der Waals surface area contributed by atoms with Gasteiger partial charge in [0.05, 0.1) is 35.3 Å². The molecule has 0 aliphatic carbocycles. The van der Waals surface area contributed by atoms with Crippen LogP contribution in [0.1, 0.15) is 10.4 Å². The molecule has 1 amide bonds. The van der Waals surface area contributed by atoms with Crippen molar-refractivity contribution in [1.29, 1.82) is 0 Å². The molecule has 1 aliphatic rings. The second-order valence-corrected chi connectivity index (χ2v) is 5.86. The van der Waals surface area contributed by atoms with Gasteiger partial charge in [0.1, 0.15) is 5.82 Å². The summed E-state index contributed by atoms with van der Waals surface area (Å²) in [6, 6.07) is 8.67. The van der Waals surface area contributed by atoms with Gasteiger partial charge in [-0.15, -0.1) is 0 Å². The van der Waals surface area contributed by atoms with Crippen molar-refractivity contribution in [2.24, 2.45) is 0 Å². The first kappa shape index (κ1) is 16.5. The van der Waals surface area contributed by atoms with Crippen molar-refractivity contribution in [1.82, 2.24) is 0 Å². The number of nitrogens with one attached hydrogen (secondary N) is 1. The van der Waals surface area contributed by atoms with E-state index in [0.717, 1.165) is 18.8 Å². The van der Waals surface area contributed by atoms with Crippen LogP contribution in [0.3, 0.4) is 0 Å². The quantitative estimate of drug-likeness (QED) is 0.835. The number of amides is 1. The van der Waals surface area contributed by atoms with Crippen molar-refractivity contribution in [3.05, 3.63) is 52.8 Å². The fourth-order valence-electron chi connectivity index (χ4n) is 2.55. The molecule has 2 aromatic rings. The Hall–Kier alpha value is -2.31. The van der Waals surface area contributed by atoms with Gasteiger partial charge >= 0.3 is 0 Å². The average molecular weight is 350 g/mol. The first-order valence-corrected chi connectivity index (χ1v) is 7.91. The van der Waals surface area contributed by atoms with Crippen LogP contribution >= 0.6 is 11.6 Å². The van der Waals surface area contributed by atoms with E-state index >= 15 is 0 Å². The van der Waals surface area contributed by atoms with Crippen LogP contribution in [-0.2, 0) is 4.74 Å². The van der Waals surface area contributed by atoms with Crippen molar-refractivity contribution in [2.45, 2.75) is 0 Å². The number of morpholine rings is 1. The van der Waals surface area contributed by atoms with E-state index in [0.29, 0.717) is 35.2 Å². The summed E-state index contributed by atoms with van der Waals surface area (Å²) in [5.41, 5.74) is 8.21. The maximum atomic E-state index is 13.0. The maximum absolute atomic E-state index is 13.0. The molecule has 1 saturated heterocycles. The summed E-state index contributed by atoms with van der Waals surface area (Å²) < 4.78 is 18.3. The molecule has 1 heterocycles. The van der Waals surface area contributed by atoms with Gasteiger partial charge in [-0.3, -0.25) is 4.79 Å². The van der Waals surface area contributed by atoms with Crippen molar-refractivity contribution in [2.75, 3.05) is 42.3 Å². The Balaban J connectivity index is 1.84. The van der Waals surface area contributed by atoms with E-state index in [1.165, 1.54) is 24.3 Å². The molecule has 0 atom stereocenters. The number of ether oxygens (including phenoxy) is 1. The zero-order valence-corrected chi connectivity index (χ0v) is 13.6. The number of nitrogens with two attached hydrogens (primary N) is 1. The number of carbonyl (C=O) groups is 1. The van der Waals surface area contributed by atoms with E-state index in [1.54, 1.807) is 12.1 Å². The summed E-state index contributed by atoms with van der Waals surface area (Å²) in [6.45, 7) is 2.69. The molecule has 2 aromatic carbocycles. The molecular weight excluding hydrogens is 333 g/mol. The zero-order valence-electron chi connectivity index (χ0n) is 12.9. The topological polar surface area (TPSA) is 67.6 Å². The van der Waals surface area contributed by atoms with Crippen molar-refractivity contribution < 1.29 is 13.9 Å². The summed E-state index contributed by atoms with van der Waals surface area (Å²) >= 11 is 6.20. The number of anilines is 3. The van der Waals surface area contributed by atoms with E-state index < -0.39 is 5.82 Å². The molecule has 1 aliphatic heterocycles. The number of rotatable bonds is 3. The van der Waals surface area contributed by atoms with Crippen LogP contribution in [0.4, 0.5) is 21.5 Å². The summed E-state index contributed by atoms with van der Waals surface area (Å²) in [6.07, 6.45) is 0. The number of benzene rings is 2. The minimum Gasteiger partial charge on any atom is -0.397 e. The molecule has 7 heteroatoms. The molecule has 3 N–H and O–H groups in total. The molecular formula is C17H17ClFN3O2. The normalized spacial score (nSPS) is 14.5. The Labute approximate surface area is 144 Å². The smallest absolute Gasteiger partial charge is 0.255 e. The van der Waals surface area contributed by atoms with Crippen LogP contribution in [0.2, 0.25) is 5.02 Å². The Kier molecular flexibility index (Phi) is 4.87. The van der Waals surface area contributed by atoms with Gasteiger partial charge in [0.2, 0.25) is 0 Å². The number of nitrogen functional groups attached to an aromatic ring is 1. The van der Waals surface area contributed by atoms with Gasteiger partial charge in [-0.05, 0) is 36.4 Å². The monoisotopic (exact) mass is 349 g/mol. The van der Waals surface area contributed by atoms with Crippen LogP contribution in [0.5, 0.6) is 0 Å². The third-order valence-electron chi connectivity index (χ3n) is 3.82. The van der Waals surface area contributed by atoms with Crippen molar-refractivity contribution in [3.63, 3.8) is 0 Å². The van der Waals surface area contributed by atoms with Gasteiger partial charge in [-0.1, -0.05) is 11.6 Å². The molecule has 5 nitrogen and oxygen atoms in total. The minimum atomic E-state index is -0.397. The summed E-state index contributed by atoms with van der Waals surface area (Å²) in [5, 5.41) is 3.09. The Morgan fingerprint density at radius 2 is 1.88 bits per heavy atom. The highest BCUT2D eigenvalue weighted by Gasteiger charge is 2.17. The first-order valence-electron chi connectivity index (χ1n) is 7.53. The predicted molar refractivity (Wildman–Crippen MR) is 93.2 cm³/mol. The number of hydrogen-bond acceptors (Lipinski definition) is 4. The highest BCUT2D eigenvalue weighted by molar-refractivity contribution is 6.34. The highest BCUT2D eigenvalue weighted by atomic mass is 35.5. The fraction of sp³-hybridized carbons (Fsp3) is 0.235. The average Bonchev–Trinajstić information content (AvgIpc) is 2.58. The standard InChI is InChI=1S/C17H17ClFN3O2/c18-13-9-14(20)16(22-5-7-24-8-6-22)10-15(13)21-17(23)11-1-3-12(19)4-2-11/h1-4,9-10H,5-8,20H2,(H,21,23). The number of nitrogens with zero attached hydrogens (tertiary/aromatic N) is 1. The van der Waals surface area contributed by atoms with Crippen LogP contribution in [0.25, 0.3) is 0 Å². The van der Waals surface area contributed by atoms with Crippen LogP contribution in [-0.4, -0.2) is 32.2 Å². The van der Waals surface area contributed by atoms with Gasteiger partial charge in [0, 0.05) is 18.7 Å². The SMILES string of the molecule is Nc1cc(Cl)c(NC(=O)c2ccc(F)cc2)cc1N1CCOCC1.